The zero-order valence-corrected chi connectivity index (χ0v) is 11.0. The number of hydrogen-bond donors (Lipinski definition) is 2. The number of morpholine rings is 1. The molecule has 0 radical (unpaired) electrons. The number of benzene rings is 1. The average Bonchev–Trinajstić information content (AvgIpc) is 3.01. The molecule has 1 amide bonds. The fraction of sp³-hybridized carbons (Fsp3) is 0.267. The van der Waals surface area contributed by atoms with Crippen LogP contribution in [-0.2, 0) is 4.74 Å². The first-order valence-electron chi connectivity index (χ1n) is 6.57. The molecule has 5 heteroatoms. The van der Waals surface area contributed by atoms with E-state index in [2.05, 4.69) is 4.98 Å². The fourth-order valence-corrected chi connectivity index (χ4v) is 2.39. The lowest BCUT2D eigenvalue weighted by Crippen LogP contribution is -2.42. The van der Waals surface area contributed by atoms with E-state index in [1.54, 1.807) is 41.4 Å². The summed E-state index contributed by atoms with van der Waals surface area (Å²) in [6, 6.07) is 10.5. The molecule has 1 aliphatic heterocycles. The van der Waals surface area contributed by atoms with Crippen molar-refractivity contribution in [3.8, 4) is 5.75 Å². The first kappa shape index (κ1) is 12.7. The molecule has 3 rings (SSSR count). The van der Waals surface area contributed by atoms with Gasteiger partial charge in [0.05, 0.1) is 13.2 Å². The number of aromatic hydroxyl groups is 1. The van der Waals surface area contributed by atoms with E-state index in [0.29, 0.717) is 25.4 Å². The number of carbonyl (C=O) groups is 1. The molecule has 1 atom stereocenters. The van der Waals surface area contributed by atoms with E-state index in [9.17, 15) is 9.90 Å². The van der Waals surface area contributed by atoms with Crippen LogP contribution in [-0.4, -0.2) is 40.6 Å². The first-order valence-corrected chi connectivity index (χ1v) is 6.57. The Hall–Kier alpha value is -2.27. The maximum absolute atomic E-state index is 12.3. The van der Waals surface area contributed by atoms with Crippen LogP contribution >= 0.6 is 0 Å². The molecule has 1 aromatic heterocycles. The number of nitrogens with one attached hydrogen (secondary N) is 1. The lowest BCUT2D eigenvalue weighted by atomic mass is 10.1. The van der Waals surface area contributed by atoms with Crippen LogP contribution in [0.25, 0.3) is 0 Å². The molecule has 0 saturated carbocycles. The van der Waals surface area contributed by atoms with Crippen LogP contribution in [0, 0.1) is 0 Å². The predicted molar refractivity (Wildman–Crippen MR) is 73.5 cm³/mol. The fourth-order valence-electron chi connectivity index (χ4n) is 2.39. The molecule has 2 N–H and O–H groups in total. The third kappa shape index (κ3) is 2.53. The molecular formula is C15H16N2O3. The number of ether oxygens (including phenoxy) is 1. The minimum absolute atomic E-state index is 0.0246. The van der Waals surface area contributed by atoms with E-state index in [1.165, 1.54) is 0 Å². The van der Waals surface area contributed by atoms with Gasteiger partial charge in [0, 0.05) is 12.7 Å². The van der Waals surface area contributed by atoms with E-state index in [4.69, 9.17) is 4.74 Å². The predicted octanol–water partition coefficient (Wildman–Crippen LogP) is 1.93. The van der Waals surface area contributed by atoms with Gasteiger partial charge in [-0.3, -0.25) is 4.79 Å². The zero-order valence-electron chi connectivity index (χ0n) is 11.0. The molecule has 0 bridgehead atoms. The summed E-state index contributed by atoms with van der Waals surface area (Å²) in [5.41, 5.74) is 1.47. The topological polar surface area (TPSA) is 65.6 Å². The largest absolute Gasteiger partial charge is 0.508 e. The Kier molecular flexibility index (Phi) is 3.43. The van der Waals surface area contributed by atoms with Gasteiger partial charge in [0.2, 0.25) is 0 Å². The Morgan fingerprint density at radius 2 is 2.25 bits per heavy atom. The quantitative estimate of drug-likeness (QED) is 0.878. The van der Waals surface area contributed by atoms with Crippen LogP contribution < -0.4 is 0 Å². The van der Waals surface area contributed by atoms with Gasteiger partial charge in [-0.25, -0.2) is 0 Å². The van der Waals surface area contributed by atoms with E-state index in [0.717, 1.165) is 5.56 Å². The molecule has 2 heterocycles. The average molecular weight is 272 g/mol. The maximum Gasteiger partial charge on any atom is 0.270 e. The number of rotatable bonds is 2. The van der Waals surface area contributed by atoms with Crippen molar-refractivity contribution in [2.75, 3.05) is 19.7 Å². The number of phenols is 1. The van der Waals surface area contributed by atoms with Gasteiger partial charge in [-0.1, -0.05) is 12.1 Å². The van der Waals surface area contributed by atoms with Gasteiger partial charge >= 0.3 is 0 Å². The normalized spacial score (nSPS) is 19.0. The molecule has 1 aliphatic rings. The van der Waals surface area contributed by atoms with E-state index in [1.807, 2.05) is 6.07 Å². The second-order valence-electron chi connectivity index (χ2n) is 4.79. The van der Waals surface area contributed by atoms with Crippen molar-refractivity contribution in [1.82, 2.24) is 9.88 Å². The van der Waals surface area contributed by atoms with Crippen molar-refractivity contribution in [3.05, 3.63) is 53.9 Å². The third-order valence-electron chi connectivity index (χ3n) is 3.42. The molecule has 0 aliphatic carbocycles. The number of carbonyl (C=O) groups excluding carboxylic acids is 1. The number of amides is 1. The maximum atomic E-state index is 12.3. The minimum Gasteiger partial charge on any atom is -0.508 e. The molecule has 20 heavy (non-hydrogen) atoms. The summed E-state index contributed by atoms with van der Waals surface area (Å²) in [6.45, 7) is 1.56. The summed E-state index contributed by atoms with van der Waals surface area (Å²) in [4.78, 5) is 17.0. The molecule has 1 fully saturated rings. The number of aromatic nitrogens is 1. The first-order chi connectivity index (χ1) is 9.74. The highest BCUT2D eigenvalue weighted by Gasteiger charge is 2.26. The van der Waals surface area contributed by atoms with Gasteiger partial charge in [0.1, 0.15) is 17.5 Å². The summed E-state index contributed by atoms with van der Waals surface area (Å²) in [6.07, 6.45) is 1.54. The van der Waals surface area contributed by atoms with Crippen molar-refractivity contribution < 1.29 is 14.6 Å². The van der Waals surface area contributed by atoms with E-state index < -0.39 is 0 Å². The van der Waals surface area contributed by atoms with E-state index in [-0.39, 0.29) is 17.8 Å². The molecule has 1 saturated heterocycles. The summed E-state index contributed by atoms with van der Waals surface area (Å²) in [5, 5.41) is 9.53. The van der Waals surface area contributed by atoms with Gasteiger partial charge in [-0.05, 0) is 29.8 Å². The summed E-state index contributed by atoms with van der Waals surface area (Å²) in [7, 11) is 0. The number of nitrogens with zero attached hydrogens (tertiary/aromatic N) is 1. The Morgan fingerprint density at radius 1 is 1.35 bits per heavy atom. The van der Waals surface area contributed by atoms with Crippen LogP contribution in [0.15, 0.2) is 42.6 Å². The molecule has 0 unspecified atom stereocenters. The van der Waals surface area contributed by atoms with Gasteiger partial charge in [0.15, 0.2) is 0 Å². The number of phenolic OH excluding ortho intramolecular Hbond substituents is 1. The van der Waals surface area contributed by atoms with Crippen molar-refractivity contribution in [2.24, 2.45) is 0 Å². The van der Waals surface area contributed by atoms with Gasteiger partial charge in [-0.15, -0.1) is 0 Å². The minimum atomic E-state index is -0.199. The highest BCUT2D eigenvalue weighted by atomic mass is 16.5. The number of H-pyrrole nitrogens is 1. The van der Waals surface area contributed by atoms with Crippen molar-refractivity contribution in [3.63, 3.8) is 0 Å². The SMILES string of the molecule is O=C(c1ccc[nH]1)N1CCO[C@@H](c2cccc(O)c2)C1. The number of hydrogen-bond acceptors (Lipinski definition) is 3. The van der Waals surface area contributed by atoms with Gasteiger partial charge in [0.25, 0.3) is 5.91 Å². The van der Waals surface area contributed by atoms with E-state index >= 15 is 0 Å². The lowest BCUT2D eigenvalue weighted by Gasteiger charge is -2.33. The molecule has 2 aromatic rings. The molecule has 1 aromatic carbocycles. The standard InChI is InChI=1S/C15H16N2O3/c18-12-4-1-3-11(9-12)14-10-17(7-8-20-14)15(19)13-5-2-6-16-13/h1-6,9,14,16,18H,7-8,10H2/t14-/m1/s1. The van der Waals surface area contributed by atoms with Gasteiger partial charge in [-0.2, -0.15) is 0 Å². The summed E-state index contributed by atoms with van der Waals surface area (Å²) < 4.78 is 5.70. The van der Waals surface area contributed by atoms with Crippen LogP contribution in [0.2, 0.25) is 0 Å². The Labute approximate surface area is 116 Å². The van der Waals surface area contributed by atoms with Crippen LogP contribution in [0.5, 0.6) is 5.75 Å². The van der Waals surface area contributed by atoms with Gasteiger partial charge < -0.3 is 19.7 Å². The highest BCUT2D eigenvalue weighted by Crippen LogP contribution is 2.25. The third-order valence-corrected chi connectivity index (χ3v) is 3.42. The molecule has 104 valence electrons. The van der Waals surface area contributed by atoms with Crippen LogP contribution in [0.4, 0.5) is 0 Å². The molecular weight excluding hydrogens is 256 g/mol. The zero-order chi connectivity index (χ0) is 13.9. The molecule has 0 spiro atoms. The van der Waals surface area contributed by atoms with Crippen molar-refractivity contribution >= 4 is 5.91 Å². The Morgan fingerprint density at radius 3 is 3.00 bits per heavy atom. The van der Waals surface area contributed by atoms with Crippen LogP contribution in [0.3, 0.4) is 0 Å². The summed E-state index contributed by atoms with van der Waals surface area (Å²) in [5.74, 6) is 0.183. The second-order valence-corrected chi connectivity index (χ2v) is 4.79. The Bertz CT molecular complexity index is 595. The van der Waals surface area contributed by atoms with Crippen molar-refractivity contribution in [2.45, 2.75) is 6.10 Å². The lowest BCUT2D eigenvalue weighted by molar-refractivity contribution is -0.0230. The molecule has 5 nitrogen and oxygen atoms in total. The second kappa shape index (κ2) is 5.38. The Balaban J connectivity index is 1.75. The smallest absolute Gasteiger partial charge is 0.270 e. The van der Waals surface area contributed by atoms with Crippen LogP contribution in [0.1, 0.15) is 22.2 Å². The monoisotopic (exact) mass is 272 g/mol. The van der Waals surface area contributed by atoms with Crippen molar-refractivity contribution in [1.29, 1.82) is 0 Å². The highest BCUT2D eigenvalue weighted by molar-refractivity contribution is 5.92. The summed E-state index contributed by atoms with van der Waals surface area (Å²) >= 11 is 0. The number of aromatic amines is 1.